The molecular weight excluding hydrogens is 264 g/mol. The average molecular weight is 286 g/mol. The van der Waals surface area contributed by atoms with E-state index in [9.17, 15) is 0 Å². The molecule has 0 unspecified atom stereocenters. The molecule has 0 saturated carbocycles. The van der Waals surface area contributed by atoms with Crippen LogP contribution in [-0.2, 0) is 0 Å². The Balaban J connectivity index is 2.40. The van der Waals surface area contributed by atoms with Crippen molar-refractivity contribution in [1.29, 1.82) is 0 Å². The van der Waals surface area contributed by atoms with Gasteiger partial charge in [0.2, 0.25) is 5.95 Å². The SMILES string of the molecule is CCCNc1nc(OCC)nc(-c2ccc(C)c(C)c2)n1. The Morgan fingerprint density at radius 1 is 1.05 bits per heavy atom. The molecule has 2 rings (SSSR count). The molecule has 0 radical (unpaired) electrons. The minimum atomic E-state index is 0.360. The number of nitrogens with one attached hydrogen (secondary N) is 1. The highest BCUT2D eigenvalue weighted by Gasteiger charge is 2.09. The highest BCUT2D eigenvalue weighted by Crippen LogP contribution is 2.21. The maximum Gasteiger partial charge on any atom is 0.321 e. The fraction of sp³-hybridized carbons (Fsp3) is 0.438. The summed E-state index contributed by atoms with van der Waals surface area (Å²) in [6, 6.07) is 6.55. The summed E-state index contributed by atoms with van der Waals surface area (Å²) in [6.07, 6.45) is 1.01. The summed E-state index contributed by atoms with van der Waals surface area (Å²) in [6.45, 7) is 9.54. The van der Waals surface area contributed by atoms with Crippen molar-refractivity contribution in [3.05, 3.63) is 29.3 Å². The molecule has 0 atom stereocenters. The lowest BCUT2D eigenvalue weighted by molar-refractivity contribution is 0.312. The number of rotatable bonds is 6. The number of nitrogens with zero attached hydrogens (tertiary/aromatic N) is 3. The first kappa shape index (κ1) is 15.2. The number of ether oxygens (including phenoxy) is 1. The zero-order valence-corrected chi connectivity index (χ0v) is 13.1. The van der Waals surface area contributed by atoms with Gasteiger partial charge in [-0.1, -0.05) is 19.1 Å². The van der Waals surface area contributed by atoms with Crippen LogP contribution in [0, 0.1) is 13.8 Å². The molecule has 1 N–H and O–H groups in total. The van der Waals surface area contributed by atoms with Crippen LogP contribution in [0.2, 0.25) is 0 Å². The van der Waals surface area contributed by atoms with Crippen LogP contribution in [0.15, 0.2) is 18.2 Å². The average Bonchev–Trinajstić information content (AvgIpc) is 2.48. The molecule has 0 fully saturated rings. The topological polar surface area (TPSA) is 59.9 Å². The summed E-state index contributed by atoms with van der Waals surface area (Å²) < 4.78 is 5.44. The lowest BCUT2D eigenvalue weighted by atomic mass is 10.1. The van der Waals surface area contributed by atoms with Gasteiger partial charge < -0.3 is 10.1 Å². The second-order valence-electron chi connectivity index (χ2n) is 4.92. The Bertz CT molecular complexity index is 613. The molecule has 0 amide bonds. The molecule has 1 aromatic heterocycles. The summed E-state index contributed by atoms with van der Waals surface area (Å²) in [7, 11) is 0. The zero-order chi connectivity index (χ0) is 15.2. The minimum Gasteiger partial charge on any atom is -0.464 e. The number of hydrogen-bond acceptors (Lipinski definition) is 5. The van der Waals surface area contributed by atoms with Crippen LogP contribution < -0.4 is 10.1 Å². The van der Waals surface area contributed by atoms with Crippen molar-refractivity contribution in [3.8, 4) is 17.4 Å². The van der Waals surface area contributed by atoms with Crippen LogP contribution in [0.25, 0.3) is 11.4 Å². The highest BCUT2D eigenvalue weighted by atomic mass is 16.5. The summed E-state index contributed by atoms with van der Waals surface area (Å²) in [5, 5.41) is 3.19. The second kappa shape index (κ2) is 7.02. The van der Waals surface area contributed by atoms with E-state index in [0.717, 1.165) is 18.5 Å². The van der Waals surface area contributed by atoms with Gasteiger partial charge in [0.25, 0.3) is 0 Å². The summed E-state index contributed by atoms with van der Waals surface area (Å²) in [5.41, 5.74) is 3.44. The van der Waals surface area contributed by atoms with E-state index in [2.05, 4.69) is 53.2 Å². The highest BCUT2D eigenvalue weighted by molar-refractivity contribution is 5.58. The number of hydrogen-bond donors (Lipinski definition) is 1. The maximum atomic E-state index is 5.44. The standard InChI is InChI=1S/C16H22N4O/c1-5-9-17-15-18-14(19-16(20-15)21-6-2)13-8-7-11(3)12(4)10-13/h7-8,10H,5-6,9H2,1-4H3,(H,17,18,19,20). The van der Waals surface area contributed by atoms with Crippen molar-refractivity contribution < 1.29 is 4.74 Å². The molecule has 21 heavy (non-hydrogen) atoms. The Labute approximate surface area is 125 Å². The van der Waals surface area contributed by atoms with Gasteiger partial charge in [0.1, 0.15) is 0 Å². The fourth-order valence-electron chi connectivity index (χ4n) is 1.88. The quantitative estimate of drug-likeness (QED) is 0.882. The number of aryl methyl sites for hydroxylation is 2. The number of aromatic nitrogens is 3. The molecule has 2 aromatic rings. The minimum absolute atomic E-state index is 0.360. The van der Waals surface area contributed by atoms with Crippen molar-refractivity contribution >= 4 is 5.95 Å². The molecule has 112 valence electrons. The third-order valence-electron chi connectivity index (χ3n) is 3.19. The van der Waals surface area contributed by atoms with Crippen molar-refractivity contribution in [2.24, 2.45) is 0 Å². The molecule has 0 aliphatic heterocycles. The number of benzene rings is 1. The van der Waals surface area contributed by atoms with Crippen LogP contribution in [-0.4, -0.2) is 28.1 Å². The van der Waals surface area contributed by atoms with E-state index >= 15 is 0 Å². The third kappa shape index (κ3) is 3.90. The Morgan fingerprint density at radius 3 is 2.52 bits per heavy atom. The monoisotopic (exact) mass is 286 g/mol. The van der Waals surface area contributed by atoms with Gasteiger partial charge in [0, 0.05) is 12.1 Å². The summed E-state index contributed by atoms with van der Waals surface area (Å²) in [5.74, 6) is 1.19. The largest absolute Gasteiger partial charge is 0.464 e. The van der Waals surface area contributed by atoms with Crippen LogP contribution in [0.5, 0.6) is 6.01 Å². The molecule has 0 aliphatic rings. The summed E-state index contributed by atoms with van der Waals surface area (Å²) >= 11 is 0. The Morgan fingerprint density at radius 2 is 1.86 bits per heavy atom. The van der Waals surface area contributed by atoms with Gasteiger partial charge >= 0.3 is 6.01 Å². The van der Waals surface area contributed by atoms with Crippen molar-refractivity contribution in [2.75, 3.05) is 18.5 Å². The first-order chi connectivity index (χ1) is 10.1. The van der Waals surface area contributed by atoms with Gasteiger partial charge in [-0.15, -0.1) is 0 Å². The predicted molar refractivity (Wildman–Crippen MR) is 84.7 cm³/mol. The van der Waals surface area contributed by atoms with E-state index in [1.165, 1.54) is 11.1 Å². The van der Waals surface area contributed by atoms with Gasteiger partial charge in [0.05, 0.1) is 6.61 Å². The lowest BCUT2D eigenvalue weighted by Gasteiger charge is -2.09. The molecule has 0 bridgehead atoms. The first-order valence-corrected chi connectivity index (χ1v) is 7.34. The first-order valence-electron chi connectivity index (χ1n) is 7.34. The van der Waals surface area contributed by atoms with E-state index in [4.69, 9.17) is 4.74 Å². The van der Waals surface area contributed by atoms with Gasteiger partial charge in [0.15, 0.2) is 5.82 Å². The number of anilines is 1. The van der Waals surface area contributed by atoms with Crippen LogP contribution in [0.4, 0.5) is 5.95 Å². The van der Waals surface area contributed by atoms with E-state index in [-0.39, 0.29) is 0 Å². The fourth-order valence-corrected chi connectivity index (χ4v) is 1.88. The van der Waals surface area contributed by atoms with E-state index in [0.29, 0.717) is 24.4 Å². The summed E-state index contributed by atoms with van der Waals surface area (Å²) in [4.78, 5) is 13.1. The van der Waals surface area contributed by atoms with Gasteiger partial charge in [-0.3, -0.25) is 0 Å². The lowest BCUT2D eigenvalue weighted by Crippen LogP contribution is -2.08. The predicted octanol–water partition coefficient (Wildman–Crippen LogP) is 3.38. The van der Waals surface area contributed by atoms with E-state index < -0.39 is 0 Å². The van der Waals surface area contributed by atoms with Crippen molar-refractivity contribution in [3.63, 3.8) is 0 Å². The van der Waals surface area contributed by atoms with E-state index in [1.54, 1.807) is 0 Å². The Hall–Kier alpha value is -2.17. The molecule has 0 saturated heterocycles. The maximum absolute atomic E-state index is 5.44. The van der Waals surface area contributed by atoms with Crippen LogP contribution in [0.1, 0.15) is 31.4 Å². The molecule has 0 aliphatic carbocycles. The smallest absolute Gasteiger partial charge is 0.321 e. The molecule has 5 nitrogen and oxygen atoms in total. The van der Waals surface area contributed by atoms with Gasteiger partial charge in [-0.25, -0.2) is 0 Å². The third-order valence-corrected chi connectivity index (χ3v) is 3.19. The normalized spacial score (nSPS) is 10.5. The molecule has 5 heteroatoms. The second-order valence-corrected chi connectivity index (χ2v) is 4.92. The molecule has 0 spiro atoms. The van der Waals surface area contributed by atoms with Crippen molar-refractivity contribution in [2.45, 2.75) is 34.1 Å². The zero-order valence-electron chi connectivity index (χ0n) is 13.1. The van der Waals surface area contributed by atoms with E-state index in [1.807, 2.05) is 13.0 Å². The van der Waals surface area contributed by atoms with Gasteiger partial charge in [-0.2, -0.15) is 15.0 Å². The molecule has 1 aromatic carbocycles. The Kier molecular flexibility index (Phi) is 5.09. The van der Waals surface area contributed by atoms with Crippen molar-refractivity contribution in [1.82, 2.24) is 15.0 Å². The molecule has 1 heterocycles. The van der Waals surface area contributed by atoms with Crippen LogP contribution in [0.3, 0.4) is 0 Å². The van der Waals surface area contributed by atoms with Gasteiger partial charge in [-0.05, 0) is 44.4 Å². The van der Waals surface area contributed by atoms with Crippen LogP contribution >= 0.6 is 0 Å². The molecular formula is C16H22N4O.